The predicted octanol–water partition coefficient (Wildman–Crippen LogP) is 4.40. The molecule has 0 unspecified atom stereocenters. The van der Waals surface area contributed by atoms with Crippen LogP contribution in [0.1, 0.15) is 85.0 Å². The van der Waals surface area contributed by atoms with Crippen LogP contribution < -0.4 is 5.32 Å². The number of unbranched alkanes of at least 4 members (excludes halogenated alkanes) is 2. The molecule has 5 heteroatoms. The summed E-state index contributed by atoms with van der Waals surface area (Å²) in [6.07, 6.45) is 12.3. The maximum absolute atomic E-state index is 12.7. The molecule has 0 aromatic rings. The quantitative estimate of drug-likeness (QED) is 0.280. The van der Waals surface area contributed by atoms with Crippen molar-refractivity contribution in [2.75, 3.05) is 39.3 Å². The van der Waals surface area contributed by atoms with Crippen molar-refractivity contribution in [1.29, 1.82) is 0 Å². The molecule has 6 atom stereocenters. The zero-order valence-electron chi connectivity index (χ0n) is 20.3. The lowest BCUT2D eigenvalue weighted by atomic mass is 9.53. The molecule has 4 aliphatic rings. The van der Waals surface area contributed by atoms with Gasteiger partial charge in [-0.15, -0.1) is 0 Å². The van der Waals surface area contributed by atoms with Gasteiger partial charge in [-0.25, -0.2) is 0 Å². The van der Waals surface area contributed by atoms with E-state index in [1.54, 1.807) is 0 Å². The number of ether oxygens (including phenoxy) is 2. The summed E-state index contributed by atoms with van der Waals surface area (Å²) >= 11 is 0. The van der Waals surface area contributed by atoms with Crippen LogP contribution in [0.2, 0.25) is 0 Å². The molecule has 5 nitrogen and oxygen atoms in total. The molecule has 2 aliphatic heterocycles. The lowest BCUT2D eigenvalue weighted by Crippen LogP contribution is -2.51. The summed E-state index contributed by atoms with van der Waals surface area (Å²) < 4.78 is 12.0. The van der Waals surface area contributed by atoms with Crippen LogP contribution >= 0.6 is 0 Å². The minimum atomic E-state index is 0.0311. The predicted molar refractivity (Wildman–Crippen MR) is 124 cm³/mol. The highest BCUT2D eigenvalue weighted by molar-refractivity contribution is 5.75. The Bertz CT molecular complexity index is 599. The fourth-order valence-electron chi connectivity index (χ4n) is 6.97. The van der Waals surface area contributed by atoms with E-state index in [1.165, 1.54) is 58.0 Å². The zero-order valence-corrected chi connectivity index (χ0v) is 20.3. The first kappa shape index (κ1) is 23.5. The van der Waals surface area contributed by atoms with Gasteiger partial charge in [-0.3, -0.25) is 4.79 Å². The second-order valence-corrected chi connectivity index (χ2v) is 11.2. The zero-order chi connectivity index (χ0) is 21.9. The number of esters is 1. The average Bonchev–Trinajstić information content (AvgIpc) is 3.45. The van der Waals surface area contributed by atoms with Crippen LogP contribution in [0, 0.1) is 23.2 Å². The Morgan fingerprint density at radius 2 is 1.81 bits per heavy atom. The van der Waals surface area contributed by atoms with E-state index in [-0.39, 0.29) is 23.6 Å². The lowest BCUT2D eigenvalue weighted by molar-refractivity contribution is -0.147. The molecule has 0 bridgehead atoms. The molecule has 0 radical (unpaired) electrons. The molecule has 4 fully saturated rings. The molecular formula is C26H46N2O3. The Morgan fingerprint density at radius 3 is 2.48 bits per heavy atom. The summed E-state index contributed by atoms with van der Waals surface area (Å²) in [5, 5.41) is 3.62. The normalized spacial score (nSPS) is 38.9. The van der Waals surface area contributed by atoms with Crippen molar-refractivity contribution in [1.82, 2.24) is 10.2 Å². The van der Waals surface area contributed by atoms with Gasteiger partial charge < -0.3 is 19.7 Å². The molecule has 2 saturated carbocycles. The number of epoxide rings is 1. The van der Waals surface area contributed by atoms with Crippen molar-refractivity contribution >= 4 is 5.97 Å². The molecule has 0 amide bonds. The third-order valence-corrected chi connectivity index (χ3v) is 8.93. The van der Waals surface area contributed by atoms with Crippen molar-refractivity contribution in [2.24, 2.45) is 23.2 Å². The van der Waals surface area contributed by atoms with Gasteiger partial charge in [0.1, 0.15) is 6.10 Å². The number of carbonyl (C=O) groups excluding carboxylic acids is 1. The fourth-order valence-corrected chi connectivity index (χ4v) is 6.97. The molecule has 2 heterocycles. The second kappa shape index (κ2) is 10.1. The van der Waals surface area contributed by atoms with Crippen molar-refractivity contribution in [3.05, 3.63) is 0 Å². The van der Waals surface area contributed by atoms with E-state index < -0.39 is 0 Å². The van der Waals surface area contributed by atoms with E-state index in [0.29, 0.717) is 17.3 Å². The SMILES string of the molecule is CCCCN(CCCC)CCCNC[C@H]1C(=O)O[C@@H]2C[C@@]3(C)CCC[C@@]4(CO4)[C@@H]3C[C@@H]21. The summed E-state index contributed by atoms with van der Waals surface area (Å²) in [6.45, 7) is 13.3. The maximum Gasteiger partial charge on any atom is 0.310 e. The minimum Gasteiger partial charge on any atom is -0.462 e. The number of rotatable bonds is 12. The molecule has 0 aromatic carbocycles. The van der Waals surface area contributed by atoms with Crippen LogP contribution in [0.15, 0.2) is 0 Å². The van der Waals surface area contributed by atoms with Gasteiger partial charge in [0, 0.05) is 12.5 Å². The van der Waals surface area contributed by atoms with E-state index in [4.69, 9.17) is 9.47 Å². The van der Waals surface area contributed by atoms with Crippen molar-refractivity contribution in [3.8, 4) is 0 Å². The summed E-state index contributed by atoms with van der Waals surface area (Å²) in [5.41, 5.74) is 0.432. The monoisotopic (exact) mass is 434 g/mol. The molecule has 1 N–H and O–H groups in total. The number of hydrogen-bond donors (Lipinski definition) is 1. The summed E-state index contributed by atoms with van der Waals surface area (Å²) in [5.74, 6) is 1.06. The third kappa shape index (κ3) is 5.14. The molecule has 31 heavy (non-hydrogen) atoms. The summed E-state index contributed by atoms with van der Waals surface area (Å²) in [7, 11) is 0. The standard InChI is InChI=1S/C26H46N2O3/c1-4-6-13-28(14-7-5-2)15-9-12-27-18-21-20-16-23-25(3,17-22(20)31-24(21)29)10-8-11-26(23)19-30-26/h20-23,27H,4-19H2,1-3H3/t20-,21-,22-,23-,25-,26-/m1/s1. The lowest BCUT2D eigenvalue weighted by Gasteiger charge is -2.51. The maximum atomic E-state index is 12.7. The van der Waals surface area contributed by atoms with Gasteiger partial charge in [0.2, 0.25) is 0 Å². The van der Waals surface area contributed by atoms with Crippen LogP contribution in [-0.2, 0) is 14.3 Å². The van der Waals surface area contributed by atoms with Crippen LogP contribution in [0.4, 0.5) is 0 Å². The number of fused-ring (bicyclic) bond motifs is 3. The van der Waals surface area contributed by atoms with Crippen LogP contribution in [0.3, 0.4) is 0 Å². The van der Waals surface area contributed by atoms with E-state index in [2.05, 4.69) is 31.0 Å². The molecular weight excluding hydrogens is 388 g/mol. The third-order valence-electron chi connectivity index (χ3n) is 8.93. The number of nitrogens with zero attached hydrogens (tertiary/aromatic N) is 1. The van der Waals surface area contributed by atoms with Gasteiger partial charge in [0.15, 0.2) is 0 Å². The highest BCUT2D eigenvalue weighted by atomic mass is 16.6. The number of nitrogens with one attached hydrogen (secondary N) is 1. The van der Waals surface area contributed by atoms with Gasteiger partial charge in [-0.1, -0.05) is 33.6 Å². The number of hydrogen-bond acceptors (Lipinski definition) is 5. The van der Waals surface area contributed by atoms with Gasteiger partial charge >= 0.3 is 5.97 Å². The fraction of sp³-hybridized carbons (Fsp3) is 0.962. The first-order chi connectivity index (χ1) is 15.0. The molecule has 0 aromatic heterocycles. The Balaban J connectivity index is 1.24. The highest BCUT2D eigenvalue weighted by Gasteiger charge is 2.64. The first-order valence-corrected chi connectivity index (χ1v) is 13.3. The van der Waals surface area contributed by atoms with Crippen LogP contribution in [0.25, 0.3) is 0 Å². The van der Waals surface area contributed by atoms with E-state index in [1.807, 2.05) is 0 Å². The van der Waals surface area contributed by atoms with Crippen molar-refractivity contribution in [2.45, 2.75) is 96.7 Å². The van der Waals surface area contributed by atoms with Gasteiger partial charge in [-0.05, 0) is 88.9 Å². The Labute approximate surface area is 190 Å². The van der Waals surface area contributed by atoms with E-state index >= 15 is 0 Å². The van der Waals surface area contributed by atoms with E-state index in [0.717, 1.165) is 45.5 Å². The summed E-state index contributed by atoms with van der Waals surface area (Å²) in [4.78, 5) is 15.4. The largest absolute Gasteiger partial charge is 0.462 e. The number of carbonyl (C=O) groups is 1. The van der Waals surface area contributed by atoms with E-state index in [9.17, 15) is 4.79 Å². The van der Waals surface area contributed by atoms with Gasteiger partial charge in [0.25, 0.3) is 0 Å². The first-order valence-electron chi connectivity index (χ1n) is 13.3. The van der Waals surface area contributed by atoms with Crippen molar-refractivity contribution < 1.29 is 14.3 Å². The summed E-state index contributed by atoms with van der Waals surface area (Å²) in [6, 6.07) is 0. The molecule has 178 valence electrons. The van der Waals surface area contributed by atoms with Crippen LogP contribution in [0.5, 0.6) is 0 Å². The van der Waals surface area contributed by atoms with Gasteiger partial charge in [0.05, 0.1) is 18.1 Å². The Hall–Kier alpha value is -0.650. The minimum absolute atomic E-state index is 0.0311. The molecule has 2 aliphatic carbocycles. The van der Waals surface area contributed by atoms with Crippen LogP contribution in [-0.4, -0.2) is 61.9 Å². The van der Waals surface area contributed by atoms with Gasteiger partial charge in [-0.2, -0.15) is 0 Å². The highest BCUT2D eigenvalue weighted by Crippen LogP contribution is 2.62. The molecule has 2 saturated heterocycles. The Kier molecular flexibility index (Phi) is 7.65. The smallest absolute Gasteiger partial charge is 0.310 e. The topological polar surface area (TPSA) is 54.1 Å². The average molecular weight is 435 g/mol. The Morgan fingerprint density at radius 1 is 1.10 bits per heavy atom. The molecule has 4 rings (SSSR count). The molecule has 1 spiro atoms. The van der Waals surface area contributed by atoms with Crippen molar-refractivity contribution in [3.63, 3.8) is 0 Å². The second-order valence-electron chi connectivity index (χ2n) is 11.2.